The van der Waals surface area contributed by atoms with Crippen LogP contribution in [0.5, 0.6) is 0 Å². The number of carbonyl (C=O) groups excluding carboxylic acids is 1. The number of benzene rings is 1. The van der Waals surface area contributed by atoms with Crippen LogP contribution in [0, 0.1) is 12.8 Å². The van der Waals surface area contributed by atoms with E-state index in [9.17, 15) is 4.79 Å². The van der Waals surface area contributed by atoms with Gasteiger partial charge in [-0.25, -0.2) is 9.97 Å². The summed E-state index contributed by atoms with van der Waals surface area (Å²) in [5.74, 6) is 2.18. The molecule has 2 atom stereocenters. The fourth-order valence-electron chi connectivity index (χ4n) is 4.95. The number of anilines is 1. The number of thiophene rings is 1. The van der Waals surface area contributed by atoms with Crippen LogP contribution in [0.2, 0.25) is 0 Å². The fraction of sp³-hybridized carbons (Fsp3) is 0.480. The van der Waals surface area contributed by atoms with Gasteiger partial charge in [0.25, 0.3) is 0 Å². The third-order valence-corrected chi connectivity index (χ3v) is 7.50. The van der Waals surface area contributed by atoms with Gasteiger partial charge in [0, 0.05) is 37.0 Å². The van der Waals surface area contributed by atoms with Crippen molar-refractivity contribution < 1.29 is 9.53 Å². The predicted octanol–water partition coefficient (Wildman–Crippen LogP) is 4.52. The number of aryl methyl sites for hydroxylation is 1. The number of morpholine rings is 1. The summed E-state index contributed by atoms with van der Waals surface area (Å²) < 4.78 is 5.80. The van der Waals surface area contributed by atoms with E-state index in [-0.39, 0.29) is 24.0 Å². The van der Waals surface area contributed by atoms with Crippen molar-refractivity contribution in [2.45, 2.75) is 45.8 Å². The Morgan fingerprint density at radius 1 is 1.06 bits per heavy atom. The quantitative estimate of drug-likeness (QED) is 0.587. The minimum Gasteiger partial charge on any atom is -0.372 e. The summed E-state index contributed by atoms with van der Waals surface area (Å²) in [4.78, 5) is 29.3. The van der Waals surface area contributed by atoms with Crippen molar-refractivity contribution >= 4 is 33.3 Å². The average Bonchev–Trinajstić information content (AvgIpc) is 3.22. The van der Waals surface area contributed by atoms with E-state index < -0.39 is 0 Å². The first-order valence-electron chi connectivity index (χ1n) is 11.5. The standard InChI is InChI=1S/C25H30N4O2S/c1-16-14-29(15-17(2)31-16)25(30)20-9-11-28(12-10-20)23-21-13-22(19-7-5-4-6-8-19)32-24(21)27-18(3)26-23/h4-8,13,16-17,20H,9-12,14-15H2,1-3H3. The molecule has 1 amide bonds. The Balaban J connectivity index is 1.33. The van der Waals surface area contributed by atoms with Crippen LogP contribution in [0.1, 0.15) is 32.5 Å². The molecule has 2 saturated heterocycles. The largest absolute Gasteiger partial charge is 0.372 e. The number of hydrogen-bond acceptors (Lipinski definition) is 6. The van der Waals surface area contributed by atoms with Crippen LogP contribution in [0.3, 0.4) is 0 Å². The van der Waals surface area contributed by atoms with E-state index in [1.54, 1.807) is 11.3 Å². The number of fused-ring (bicyclic) bond motifs is 1. The van der Waals surface area contributed by atoms with Crippen LogP contribution in [-0.2, 0) is 9.53 Å². The molecule has 2 aliphatic heterocycles. The van der Waals surface area contributed by atoms with Crippen LogP contribution < -0.4 is 4.90 Å². The number of nitrogens with zero attached hydrogens (tertiary/aromatic N) is 4. The Morgan fingerprint density at radius 2 is 1.75 bits per heavy atom. The summed E-state index contributed by atoms with van der Waals surface area (Å²) in [6.45, 7) is 9.14. The first-order chi connectivity index (χ1) is 15.5. The molecule has 3 aromatic rings. The Labute approximate surface area is 193 Å². The van der Waals surface area contributed by atoms with Gasteiger partial charge in [-0.15, -0.1) is 11.3 Å². The lowest BCUT2D eigenvalue weighted by atomic mass is 9.94. The van der Waals surface area contributed by atoms with Crippen LogP contribution in [0.4, 0.5) is 5.82 Å². The van der Waals surface area contributed by atoms with Gasteiger partial charge in [0.15, 0.2) is 0 Å². The Kier molecular flexibility index (Phi) is 5.86. The average molecular weight is 451 g/mol. The molecular formula is C25H30N4O2S. The molecule has 2 aromatic heterocycles. The molecule has 0 bridgehead atoms. The maximum Gasteiger partial charge on any atom is 0.225 e. The maximum atomic E-state index is 13.1. The van der Waals surface area contributed by atoms with Gasteiger partial charge in [-0.3, -0.25) is 4.79 Å². The van der Waals surface area contributed by atoms with E-state index in [0.29, 0.717) is 13.1 Å². The zero-order valence-electron chi connectivity index (χ0n) is 19.0. The molecule has 2 unspecified atom stereocenters. The topological polar surface area (TPSA) is 58.6 Å². The van der Waals surface area contributed by atoms with Gasteiger partial charge in [-0.05, 0) is 45.2 Å². The van der Waals surface area contributed by atoms with E-state index in [1.165, 1.54) is 10.4 Å². The molecule has 0 radical (unpaired) electrons. The van der Waals surface area contributed by atoms with Crippen molar-refractivity contribution in [1.82, 2.24) is 14.9 Å². The number of amides is 1. The molecule has 0 spiro atoms. The third-order valence-electron chi connectivity index (χ3n) is 6.42. The first-order valence-corrected chi connectivity index (χ1v) is 12.3. The smallest absolute Gasteiger partial charge is 0.225 e. The summed E-state index contributed by atoms with van der Waals surface area (Å²) in [5, 5.41) is 1.11. The highest BCUT2D eigenvalue weighted by Crippen LogP contribution is 2.37. The molecule has 168 valence electrons. The summed E-state index contributed by atoms with van der Waals surface area (Å²) in [5.41, 5.74) is 1.21. The second kappa shape index (κ2) is 8.79. The van der Waals surface area contributed by atoms with Crippen molar-refractivity contribution in [3.63, 3.8) is 0 Å². The third kappa shape index (κ3) is 4.24. The molecule has 4 heterocycles. The van der Waals surface area contributed by atoms with Crippen molar-refractivity contribution in [1.29, 1.82) is 0 Å². The lowest BCUT2D eigenvalue weighted by molar-refractivity contribution is -0.148. The second-order valence-electron chi connectivity index (χ2n) is 9.05. The van der Waals surface area contributed by atoms with E-state index in [2.05, 4.69) is 35.2 Å². The van der Waals surface area contributed by atoms with Crippen LogP contribution in [-0.4, -0.2) is 59.2 Å². The van der Waals surface area contributed by atoms with Gasteiger partial charge in [0.1, 0.15) is 16.5 Å². The fourth-order valence-corrected chi connectivity index (χ4v) is 6.03. The van der Waals surface area contributed by atoms with Crippen molar-refractivity contribution in [3.05, 3.63) is 42.2 Å². The zero-order chi connectivity index (χ0) is 22.2. The molecule has 2 aliphatic rings. The Hall–Kier alpha value is -2.51. The van der Waals surface area contributed by atoms with Crippen LogP contribution in [0.15, 0.2) is 36.4 Å². The number of carbonyl (C=O) groups is 1. The lowest BCUT2D eigenvalue weighted by Crippen LogP contribution is -2.51. The highest BCUT2D eigenvalue weighted by Gasteiger charge is 2.33. The first kappa shape index (κ1) is 21.3. The van der Waals surface area contributed by atoms with E-state index in [1.807, 2.05) is 31.7 Å². The van der Waals surface area contributed by atoms with E-state index in [0.717, 1.165) is 47.8 Å². The number of rotatable bonds is 3. The van der Waals surface area contributed by atoms with E-state index in [4.69, 9.17) is 14.7 Å². The maximum absolute atomic E-state index is 13.1. The minimum absolute atomic E-state index is 0.0875. The van der Waals surface area contributed by atoms with Gasteiger partial charge in [0.05, 0.1) is 17.6 Å². The number of piperidine rings is 1. The minimum atomic E-state index is 0.0875. The number of aromatic nitrogens is 2. The molecule has 0 aliphatic carbocycles. The number of hydrogen-bond donors (Lipinski definition) is 0. The Bertz CT molecular complexity index is 1100. The lowest BCUT2D eigenvalue weighted by Gasteiger charge is -2.39. The van der Waals surface area contributed by atoms with Gasteiger partial charge >= 0.3 is 0 Å². The van der Waals surface area contributed by atoms with Gasteiger partial charge in [0.2, 0.25) is 5.91 Å². The highest BCUT2D eigenvalue weighted by atomic mass is 32.1. The normalized spacial score (nSPS) is 22.5. The van der Waals surface area contributed by atoms with Gasteiger partial charge in [-0.1, -0.05) is 30.3 Å². The number of ether oxygens (including phenoxy) is 1. The van der Waals surface area contributed by atoms with Crippen molar-refractivity contribution in [2.75, 3.05) is 31.1 Å². The summed E-state index contributed by atoms with van der Waals surface area (Å²) in [6.07, 6.45) is 1.94. The van der Waals surface area contributed by atoms with Crippen molar-refractivity contribution in [3.8, 4) is 10.4 Å². The molecule has 1 aromatic carbocycles. The Morgan fingerprint density at radius 3 is 2.44 bits per heavy atom. The van der Waals surface area contributed by atoms with Gasteiger partial charge in [-0.2, -0.15) is 0 Å². The SMILES string of the molecule is Cc1nc(N2CCC(C(=O)N3CC(C)OC(C)C3)CC2)c2cc(-c3ccccc3)sc2n1. The molecule has 7 heteroatoms. The molecule has 6 nitrogen and oxygen atoms in total. The summed E-state index contributed by atoms with van der Waals surface area (Å²) >= 11 is 1.72. The monoisotopic (exact) mass is 450 g/mol. The van der Waals surface area contributed by atoms with Crippen LogP contribution >= 0.6 is 11.3 Å². The molecule has 0 N–H and O–H groups in total. The predicted molar refractivity (Wildman–Crippen MR) is 129 cm³/mol. The van der Waals surface area contributed by atoms with E-state index >= 15 is 0 Å². The van der Waals surface area contributed by atoms with Crippen LogP contribution in [0.25, 0.3) is 20.7 Å². The summed E-state index contributed by atoms with van der Waals surface area (Å²) in [7, 11) is 0. The highest BCUT2D eigenvalue weighted by molar-refractivity contribution is 7.21. The zero-order valence-corrected chi connectivity index (χ0v) is 19.8. The molecule has 0 saturated carbocycles. The summed E-state index contributed by atoms with van der Waals surface area (Å²) in [6, 6.07) is 12.7. The molecule has 5 rings (SSSR count). The van der Waals surface area contributed by atoms with Gasteiger partial charge < -0.3 is 14.5 Å². The van der Waals surface area contributed by atoms with Crippen molar-refractivity contribution in [2.24, 2.45) is 5.92 Å². The molecular weight excluding hydrogens is 420 g/mol. The molecule has 32 heavy (non-hydrogen) atoms. The second-order valence-corrected chi connectivity index (χ2v) is 10.1. The molecule has 2 fully saturated rings.